The number of likely N-dealkylation sites (N-methyl/N-ethyl adjacent to an activating group) is 1. The van der Waals surface area contributed by atoms with E-state index in [-0.39, 0.29) is 5.91 Å². The number of carbonyl (C=O) groups is 1. The first kappa shape index (κ1) is 11.7. The van der Waals surface area contributed by atoms with Gasteiger partial charge in [-0.1, -0.05) is 6.07 Å². The molecule has 18 heavy (non-hydrogen) atoms. The van der Waals surface area contributed by atoms with Crippen LogP contribution in [0.15, 0.2) is 18.2 Å². The third-order valence-corrected chi connectivity index (χ3v) is 4.21. The van der Waals surface area contributed by atoms with Crippen LogP contribution in [-0.2, 0) is 11.3 Å². The monoisotopic (exact) mass is 245 g/mol. The molecule has 0 radical (unpaired) electrons. The second-order valence-corrected chi connectivity index (χ2v) is 5.37. The van der Waals surface area contributed by atoms with Crippen LogP contribution in [0.3, 0.4) is 0 Å². The van der Waals surface area contributed by atoms with Crippen molar-refractivity contribution in [2.75, 3.05) is 13.6 Å². The number of rotatable bonds is 2. The highest BCUT2D eigenvalue weighted by Gasteiger charge is 2.44. The molecule has 2 unspecified atom stereocenters. The predicted octanol–water partition coefficient (Wildman–Crippen LogP) is 1.20. The molecule has 0 saturated carbocycles. The van der Waals surface area contributed by atoms with E-state index in [1.807, 2.05) is 24.9 Å². The topological polar surface area (TPSA) is 36.4 Å². The van der Waals surface area contributed by atoms with Crippen LogP contribution in [0.25, 0.3) is 0 Å². The molecule has 0 spiro atoms. The van der Waals surface area contributed by atoms with Crippen LogP contribution in [0.2, 0.25) is 0 Å². The lowest BCUT2D eigenvalue weighted by Crippen LogP contribution is -2.35. The number of hydrogen-bond donors (Lipinski definition) is 0. The molecule has 0 aliphatic carbocycles. The number of amides is 1. The second kappa shape index (κ2) is 4.35. The van der Waals surface area contributed by atoms with E-state index in [2.05, 4.69) is 22.0 Å². The molecule has 3 heterocycles. The minimum absolute atomic E-state index is 0.284. The van der Waals surface area contributed by atoms with Gasteiger partial charge in [0.15, 0.2) is 0 Å². The summed E-state index contributed by atoms with van der Waals surface area (Å²) in [5.41, 5.74) is 2.17. The first-order chi connectivity index (χ1) is 8.65. The fourth-order valence-electron chi connectivity index (χ4n) is 3.22. The molecule has 1 amide bonds. The van der Waals surface area contributed by atoms with Gasteiger partial charge in [-0.25, -0.2) is 0 Å². The van der Waals surface area contributed by atoms with E-state index in [1.165, 1.54) is 0 Å². The van der Waals surface area contributed by atoms with Gasteiger partial charge < -0.3 is 4.90 Å². The first-order valence-corrected chi connectivity index (χ1v) is 6.57. The van der Waals surface area contributed by atoms with Crippen molar-refractivity contribution in [3.8, 4) is 0 Å². The lowest BCUT2D eigenvalue weighted by atomic mass is 10.1. The Morgan fingerprint density at radius 2 is 2.22 bits per heavy atom. The molecule has 96 valence electrons. The molecule has 4 nitrogen and oxygen atoms in total. The Kier molecular flexibility index (Phi) is 2.82. The van der Waals surface area contributed by atoms with E-state index in [1.54, 1.807) is 0 Å². The molecule has 3 rings (SSSR count). The number of aryl methyl sites for hydroxylation is 1. The average molecular weight is 245 g/mol. The molecule has 4 heteroatoms. The van der Waals surface area contributed by atoms with Crippen molar-refractivity contribution in [3.05, 3.63) is 29.6 Å². The van der Waals surface area contributed by atoms with Gasteiger partial charge >= 0.3 is 0 Å². The van der Waals surface area contributed by atoms with Gasteiger partial charge in [0, 0.05) is 44.3 Å². The van der Waals surface area contributed by atoms with E-state index in [4.69, 9.17) is 0 Å². The van der Waals surface area contributed by atoms with E-state index >= 15 is 0 Å². The van der Waals surface area contributed by atoms with Crippen LogP contribution in [0, 0.1) is 6.92 Å². The third-order valence-electron chi connectivity index (χ3n) is 4.21. The smallest absolute Gasteiger partial charge is 0.224 e. The molecule has 0 N–H and O–H groups in total. The van der Waals surface area contributed by atoms with Crippen molar-refractivity contribution >= 4 is 5.91 Å². The summed E-state index contributed by atoms with van der Waals surface area (Å²) in [6.07, 6.45) is 1.77. The highest BCUT2D eigenvalue weighted by atomic mass is 16.2. The zero-order valence-electron chi connectivity index (χ0n) is 11.0. The Morgan fingerprint density at radius 1 is 1.39 bits per heavy atom. The molecule has 0 bridgehead atoms. The van der Waals surface area contributed by atoms with E-state index < -0.39 is 0 Å². The summed E-state index contributed by atoms with van der Waals surface area (Å²) in [7, 11) is 1.93. The maximum Gasteiger partial charge on any atom is 0.224 e. The normalized spacial score (nSPS) is 27.9. The quantitative estimate of drug-likeness (QED) is 0.785. The minimum atomic E-state index is 0.284. The van der Waals surface area contributed by atoms with Gasteiger partial charge in [-0.3, -0.25) is 14.7 Å². The maximum atomic E-state index is 11.7. The molecule has 0 aromatic carbocycles. The van der Waals surface area contributed by atoms with Crippen LogP contribution < -0.4 is 0 Å². The van der Waals surface area contributed by atoms with Crippen molar-refractivity contribution in [3.63, 3.8) is 0 Å². The van der Waals surface area contributed by atoms with Gasteiger partial charge in [0.1, 0.15) is 0 Å². The fraction of sp³-hybridized carbons (Fsp3) is 0.571. The summed E-state index contributed by atoms with van der Waals surface area (Å²) < 4.78 is 0. The van der Waals surface area contributed by atoms with E-state index in [0.29, 0.717) is 18.5 Å². The Morgan fingerprint density at radius 3 is 3.00 bits per heavy atom. The van der Waals surface area contributed by atoms with Gasteiger partial charge in [0.25, 0.3) is 0 Å². The first-order valence-electron chi connectivity index (χ1n) is 6.57. The predicted molar refractivity (Wildman–Crippen MR) is 69.0 cm³/mol. The number of pyridine rings is 1. The Labute approximate surface area is 108 Å². The van der Waals surface area contributed by atoms with Crippen molar-refractivity contribution in [1.82, 2.24) is 14.8 Å². The van der Waals surface area contributed by atoms with E-state index in [9.17, 15) is 4.79 Å². The highest BCUT2D eigenvalue weighted by molar-refractivity contribution is 5.79. The Hall–Kier alpha value is -1.42. The zero-order valence-corrected chi connectivity index (χ0v) is 11.0. The summed E-state index contributed by atoms with van der Waals surface area (Å²) in [4.78, 5) is 20.6. The summed E-state index contributed by atoms with van der Waals surface area (Å²) in [5.74, 6) is 0.284. The summed E-state index contributed by atoms with van der Waals surface area (Å²) in [6, 6.07) is 6.95. The van der Waals surface area contributed by atoms with Crippen LogP contribution >= 0.6 is 0 Å². The summed E-state index contributed by atoms with van der Waals surface area (Å²) in [6.45, 7) is 3.95. The maximum absolute atomic E-state index is 11.7. The Balaban J connectivity index is 1.73. The molecular formula is C14H19N3O. The van der Waals surface area contributed by atoms with Gasteiger partial charge in [0.2, 0.25) is 5.91 Å². The average Bonchev–Trinajstić information content (AvgIpc) is 2.83. The van der Waals surface area contributed by atoms with Gasteiger partial charge in [-0.2, -0.15) is 0 Å². The van der Waals surface area contributed by atoms with Crippen molar-refractivity contribution in [2.45, 2.75) is 38.4 Å². The molecule has 2 fully saturated rings. The fourth-order valence-corrected chi connectivity index (χ4v) is 3.22. The number of fused-ring (bicyclic) bond motifs is 1. The number of likely N-dealkylation sites (tertiary alicyclic amines) is 2. The van der Waals surface area contributed by atoms with Crippen LogP contribution in [0.4, 0.5) is 0 Å². The number of carbonyl (C=O) groups excluding carboxylic acids is 1. The number of aromatic nitrogens is 1. The summed E-state index contributed by atoms with van der Waals surface area (Å²) in [5, 5.41) is 0. The molecule has 2 atom stereocenters. The SMILES string of the molecule is Cc1cccc(CN2CCC3C2CC(=O)N3C)n1. The van der Waals surface area contributed by atoms with Crippen molar-refractivity contribution in [1.29, 1.82) is 0 Å². The van der Waals surface area contributed by atoms with E-state index in [0.717, 1.165) is 30.9 Å². The lowest BCUT2D eigenvalue weighted by molar-refractivity contribution is -0.127. The summed E-state index contributed by atoms with van der Waals surface area (Å²) >= 11 is 0. The zero-order chi connectivity index (χ0) is 12.7. The minimum Gasteiger partial charge on any atom is -0.341 e. The van der Waals surface area contributed by atoms with Crippen molar-refractivity contribution in [2.24, 2.45) is 0 Å². The van der Waals surface area contributed by atoms with Crippen LogP contribution in [0.5, 0.6) is 0 Å². The van der Waals surface area contributed by atoms with Crippen LogP contribution in [0.1, 0.15) is 24.2 Å². The van der Waals surface area contributed by atoms with Gasteiger partial charge in [0.05, 0.1) is 5.69 Å². The molecule has 1 aromatic heterocycles. The second-order valence-electron chi connectivity index (χ2n) is 5.37. The van der Waals surface area contributed by atoms with Gasteiger partial charge in [-0.15, -0.1) is 0 Å². The molecule has 2 aliphatic heterocycles. The third kappa shape index (κ3) is 1.90. The molecule has 2 saturated heterocycles. The molecule has 1 aromatic rings. The Bertz CT molecular complexity index is 474. The van der Waals surface area contributed by atoms with Crippen molar-refractivity contribution < 1.29 is 4.79 Å². The largest absolute Gasteiger partial charge is 0.341 e. The van der Waals surface area contributed by atoms with Gasteiger partial charge in [-0.05, 0) is 25.5 Å². The van der Waals surface area contributed by atoms with Crippen LogP contribution in [-0.4, -0.2) is 46.4 Å². The molecule has 2 aliphatic rings. The lowest BCUT2D eigenvalue weighted by Gasteiger charge is -2.23. The standard InChI is InChI=1S/C14H19N3O/c1-10-4-3-5-11(15-10)9-17-7-6-12-13(17)8-14(18)16(12)2/h3-5,12-13H,6-9H2,1-2H3. The molecular weight excluding hydrogens is 226 g/mol. The number of nitrogens with zero attached hydrogens (tertiary/aromatic N) is 3. The highest BCUT2D eigenvalue weighted by Crippen LogP contribution is 2.31. The number of hydrogen-bond acceptors (Lipinski definition) is 3.